The number of piperidine rings is 1. The van der Waals surface area contributed by atoms with Gasteiger partial charge in [-0.1, -0.05) is 36.4 Å². The molecule has 9 heteroatoms. The highest BCUT2D eigenvalue weighted by atomic mass is 32.2. The summed E-state index contributed by atoms with van der Waals surface area (Å²) in [7, 11) is -4.06. The minimum Gasteiger partial charge on any atom is -0.378 e. The van der Waals surface area contributed by atoms with E-state index in [9.17, 15) is 18.5 Å². The molecule has 0 aliphatic carbocycles. The number of anilines is 1. The summed E-state index contributed by atoms with van der Waals surface area (Å²) in [5.41, 5.74) is 0.964. The maximum Gasteiger partial charge on any atom is 0.293 e. The van der Waals surface area contributed by atoms with Crippen LogP contribution < -0.4 is 10.5 Å². The quantitative estimate of drug-likeness (QED) is 0.541. The lowest BCUT2D eigenvalue weighted by atomic mass is 9.96. The SMILES string of the molecule is NS(=O)(=O)c1cccc([N+](=O)[O-])c1NCC1CCN(Cc2ccccc2)CC1. The molecule has 1 saturated heterocycles. The Hall–Kier alpha value is -2.49. The van der Waals surface area contributed by atoms with Crippen LogP contribution in [0.3, 0.4) is 0 Å². The molecule has 150 valence electrons. The van der Waals surface area contributed by atoms with Gasteiger partial charge in [0, 0.05) is 19.2 Å². The van der Waals surface area contributed by atoms with Gasteiger partial charge >= 0.3 is 0 Å². The summed E-state index contributed by atoms with van der Waals surface area (Å²) < 4.78 is 23.6. The van der Waals surface area contributed by atoms with Crippen molar-refractivity contribution < 1.29 is 13.3 Å². The average Bonchev–Trinajstić information content (AvgIpc) is 2.67. The second-order valence-electron chi connectivity index (χ2n) is 7.04. The van der Waals surface area contributed by atoms with Crippen molar-refractivity contribution in [2.45, 2.75) is 24.3 Å². The smallest absolute Gasteiger partial charge is 0.293 e. The van der Waals surface area contributed by atoms with E-state index in [1.54, 1.807) is 0 Å². The highest BCUT2D eigenvalue weighted by Gasteiger charge is 2.25. The summed E-state index contributed by atoms with van der Waals surface area (Å²) in [5, 5.41) is 19.5. The average molecular weight is 404 g/mol. The Kier molecular flexibility index (Phi) is 6.28. The van der Waals surface area contributed by atoms with Gasteiger partial charge in [-0.15, -0.1) is 0 Å². The number of nitrogens with zero attached hydrogens (tertiary/aromatic N) is 2. The molecule has 1 heterocycles. The lowest BCUT2D eigenvalue weighted by molar-refractivity contribution is -0.384. The number of para-hydroxylation sites is 1. The molecular formula is C19H24N4O4S. The number of nitro groups is 1. The van der Waals surface area contributed by atoms with Crippen LogP contribution in [0.4, 0.5) is 11.4 Å². The molecule has 1 aliphatic heterocycles. The number of nitro benzene ring substituents is 1. The second kappa shape index (κ2) is 8.68. The first-order chi connectivity index (χ1) is 13.3. The maximum atomic E-state index is 11.8. The molecule has 0 amide bonds. The van der Waals surface area contributed by atoms with Gasteiger partial charge in [0.25, 0.3) is 5.69 Å². The molecule has 0 bridgehead atoms. The Morgan fingerprint density at radius 1 is 1.11 bits per heavy atom. The molecule has 0 unspecified atom stereocenters. The predicted octanol–water partition coefficient (Wildman–Crippen LogP) is 2.57. The van der Waals surface area contributed by atoms with Gasteiger partial charge in [-0.3, -0.25) is 15.0 Å². The Morgan fingerprint density at radius 2 is 1.79 bits per heavy atom. The molecule has 3 rings (SSSR count). The molecule has 1 fully saturated rings. The topological polar surface area (TPSA) is 119 Å². The zero-order valence-electron chi connectivity index (χ0n) is 15.5. The minimum atomic E-state index is -4.06. The van der Waals surface area contributed by atoms with Gasteiger partial charge in [0.2, 0.25) is 10.0 Å². The van der Waals surface area contributed by atoms with E-state index in [4.69, 9.17) is 5.14 Å². The van der Waals surface area contributed by atoms with Gasteiger partial charge in [0.1, 0.15) is 10.6 Å². The molecule has 0 atom stereocenters. The first kappa shape index (κ1) is 20.2. The van der Waals surface area contributed by atoms with Gasteiger partial charge in [-0.2, -0.15) is 0 Å². The van der Waals surface area contributed by atoms with Crippen LogP contribution in [0.1, 0.15) is 18.4 Å². The molecule has 8 nitrogen and oxygen atoms in total. The fourth-order valence-electron chi connectivity index (χ4n) is 3.52. The van der Waals surface area contributed by atoms with Crippen LogP contribution in [0.2, 0.25) is 0 Å². The number of hydrogen-bond acceptors (Lipinski definition) is 6. The number of nitrogens with one attached hydrogen (secondary N) is 1. The lowest BCUT2D eigenvalue weighted by Crippen LogP contribution is -2.35. The zero-order valence-corrected chi connectivity index (χ0v) is 16.3. The zero-order chi connectivity index (χ0) is 20.1. The van der Waals surface area contributed by atoms with Gasteiger partial charge in [0.05, 0.1) is 4.92 Å². The van der Waals surface area contributed by atoms with E-state index in [2.05, 4.69) is 22.3 Å². The number of benzene rings is 2. The second-order valence-corrected chi connectivity index (χ2v) is 8.57. The monoisotopic (exact) mass is 404 g/mol. The fraction of sp³-hybridized carbons (Fsp3) is 0.368. The standard InChI is InChI=1S/C19H24N4O4S/c20-28(26,27)18-8-4-7-17(23(24)25)19(18)21-13-15-9-11-22(12-10-15)14-16-5-2-1-3-6-16/h1-8,15,21H,9-14H2,(H2,20,26,27). The molecule has 0 aromatic heterocycles. The molecule has 2 aromatic carbocycles. The van der Waals surface area contributed by atoms with Crippen molar-refractivity contribution in [3.05, 3.63) is 64.2 Å². The summed E-state index contributed by atoms with van der Waals surface area (Å²) in [6.07, 6.45) is 1.87. The van der Waals surface area contributed by atoms with E-state index >= 15 is 0 Å². The normalized spacial score (nSPS) is 16.0. The van der Waals surface area contributed by atoms with Crippen molar-refractivity contribution in [3.63, 3.8) is 0 Å². The minimum absolute atomic E-state index is 0.0262. The summed E-state index contributed by atoms with van der Waals surface area (Å²) in [4.78, 5) is 12.8. The molecule has 0 radical (unpaired) electrons. The van der Waals surface area contributed by atoms with Gasteiger partial charge in [-0.25, -0.2) is 13.6 Å². The highest BCUT2D eigenvalue weighted by Crippen LogP contribution is 2.31. The Bertz CT molecular complexity index is 926. The molecule has 2 aromatic rings. The number of likely N-dealkylation sites (tertiary alicyclic amines) is 1. The van der Waals surface area contributed by atoms with Crippen LogP contribution in [-0.4, -0.2) is 37.9 Å². The number of nitrogens with two attached hydrogens (primary N) is 1. The van der Waals surface area contributed by atoms with Crippen LogP contribution in [0, 0.1) is 16.0 Å². The van der Waals surface area contributed by atoms with Crippen LogP contribution >= 0.6 is 0 Å². The summed E-state index contributed by atoms with van der Waals surface area (Å²) in [5.74, 6) is 0.306. The summed E-state index contributed by atoms with van der Waals surface area (Å²) >= 11 is 0. The molecule has 0 saturated carbocycles. The third-order valence-electron chi connectivity index (χ3n) is 5.03. The van der Waals surface area contributed by atoms with Crippen LogP contribution in [-0.2, 0) is 16.6 Å². The summed E-state index contributed by atoms with van der Waals surface area (Å²) in [6, 6.07) is 14.2. The molecular weight excluding hydrogens is 380 g/mol. The van der Waals surface area contributed by atoms with Crippen molar-refractivity contribution in [2.24, 2.45) is 11.1 Å². The van der Waals surface area contributed by atoms with E-state index in [0.29, 0.717) is 12.5 Å². The highest BCUT2D eigenvalue weighted by molar-refractivity contribution is 7.89. The van der Waals surface area contributed by atoms with Gasteiger partial charge in [-0.05, 0) is 43.5 Å². The van der Waals surface area contributed by atoms with E-state index in [-0.39, 0.29) is 16.3 Å². The molecule has 0 spiro atoms. The van der Waals surface area contributed by atoms with E-state index < -0.39 is 14.9 Å². The Morgan fingerprint density at radius 3 is 2.39 bits per heavy atom. The number of sulfonamides is 1. The number of hydrogen-bond donors (Lipinski definition) is 2. The number of primary sulfonamides is 1. The van der Waals surface area contributed by atoms with Crippen molar-refractivity contribution in [3.8, 4) is 0 Å². The van der Waals surface area contributed by atoms with Gasteiger partial charge in [0.15, 0.2) is 0 Å². The van der Waals surface area contributed by atoms with Crippen LogP contribution in [0.25, 0.3) is 0 Å². The van der Waals surface area contributed by atoms with Crippen molar-refractivity contribution in [1.82, 2.24) is 4.90 Å². The predicted molar refractivity (Wildman–Crippen MR) is 107 cm³/mol. The fourth-order valence-corrected chi connectivity index (χ4v) is 4.25. The number of rotatable bonds is 7. The summed E-state index contributed by atoms with van der Waals surface area (Å²) in [6.45, 7) is 3.23. The molecule has 28 heavy (non-hydrogen) atoms. The van der Waals surface area contributed by atoms with Crippen LogP contribution in [0.5, 0.6) is 0 Å². The lowest BCUT2D eigenvalue weighted by Gasteiger charge is -2.32. The van der Waals surface area contributed by atoms with Crippen molar-refractivity contribution in [2.75, 3.05) is 25.0 Å². The first-order valence-corrected chi connectivity index (χ1v) is 10.7. The van der Waals surface area contributed by atoms with E-state index in [1.165, 1.54) is 23.8 Å². The molecule has 3 N–H and O–H groups in total. The third kappa shape index (κ3) is 5.06. The van der Waals surface area contributed by atoms with Gasteiger partial charge < -0.3 is 5.32 Å². The third-order valence-corrected chi connectivity index (χ3v) is 5.98. The van der Waals surface area contributed by atoms with Crippen molar-refractivity contribution >= 4 is 21.4 Å². The largest absolute Gasteiger partial charge is 0.378 e. The Balaban J connectivity index is 1.62. The molecule has 1 aliphatic rings. The van der Waals surface area contributed by atoms with Crippen LogP contribution in [0.15, 0.2) is 53.4 Å². The van der Waals surface area contributed by atoms with Crippen molar-refractivity contribution in [1.29, 1.82) is 0 Å². The maximum absolute atomic E-state index is 11.8. The first-order valence-electron chi connectivity index (χ1n) is 9.15. The Labute approximate surface area is 164 Å². The van der Waals surface area contributed by atoms with E-state index in [1.807, 2.05) is 18.2 Å². The van der Waals surface area contributed by atoms with E-state index in [0.717, 1.165) is 32.5 Å².